The summed E-state index contributed by atoms with van der Waals surface area (Å²) in [4.78, 5) is 26.2. The smallest absolute Gasteiger partial charge is 0.294 e. The molecule has 1 aromatic carbocycles. The Kier molecular flexibility index (Phi) is 2.91. The molecule has 0 aliphatic rings. The van der Waals surface area contributed by atoms with Gasteiger partial charge in [-0.05, 0) is 13.0 Å². The van der Waals surface area contributed by atoms with Crippen LogP contribution in [0.2, 0.25) is 0 Å². The number of hydrogen-bond acceptors (Lipinski definition) is 3. The first kappa shape index (κ1) is 10.3. The summed E-state index contributed by atoms with van der Waals surface area (Å²) in [5.41, 5.74) is -0.430. The van der Waals surface area contributed by atoms with Crippen molar-refractivity contribution >= 4 is 11.5 Å². The standard InChI is InChI=1S/C9H9FNO3/c1-6(12)7-4-3-5-8(9(7)10)11(13)14-2/h3-5H,1-2H3/q+1. The van der Waals surface area contributed by atoms with E-state index < -0.39 is 11.6 Å². The molecule has 0 N–H and O–H groups in total. The van der Waals surface area contributed by atoms with Crippen LogP contribution in [-0.2, 0) is 4.84 Å². The molecule has 0 bridgehead atoms. The lowest BCUT2D eigenvalue weighted by Gasteiger charge is -1.96. The molecule has 0 heterocycles. The van der Waals surface area contributed by atoms with Gasteiger partial charge in [-0.1, -0.05) is 6.07 Å². The molecule has 1 aromatic rings. The number of hydrogen-bond donors (Lipinski definition) is 0. The third-order valence-electron chi connectivity index (χ3n) is 1.72. The monoisotopic (exact) mass is 198 g/mol. The molecule has 1 rings (SSSR count). The Balaban J connectivity index is 3.27. The predicted molar refractivity (Wildman–Crippen MR) is 46.7 cm³/mol. The molecule has 0 radical (unpaired) electrons. The maximum atomic E-state index is 13.4. The fourth-order valence-electron chi connectivity index (χ4n) is 1.03. The molecule has 14 heavy (non-hydrogen) atoms. The van der Waals surface area contributed by atoms with E-state index in [0.717, 1.165) is 7.11 Å². The molecule has 0 fully saturated rings. The van der Waals surface area contributed by atoms with Gasteiger partial charge >= 0.3 is 5.69 Å². The largest absolute Gasteiger partial charge is 0.352 e. The lowest BCUT2D eigenvalue weighted by Crippen LogP contribution is -2.04. The number of carbonyl (C=O) groups is 1. The zero-order chi connectivity index (χ0) is 10.7. The van der Waals surface area contributed by atoms with Gasteiger partial charge in [-0.3, -0.25) is 4.79 Å². The van der Waals surface area contributed by atoms with E-state index in [2.05, 4.69) is 4.84 Å². The summed E-state index contributed by atoms with van der Waals surface area (Å²) in [5.74, 6) is -1.30. The summed E-state index contributed by atoms with van der Waals surface area (Å²) in [6, 6.07) is 3.96. The summed E-state index contributed by atoms with van der Waals surface area (Å²) in [7, 11) is 1.12. The van der Waals surface area contributed by atoms with Crippen LogP contribution >= 0.6 is 0 Å². The van der Waals surface area contributed by atoms with Crippen molar-refractivity contribution in [3.63, 3.8) is 0 Å². The summed E-state index contributed by atoms with van der Waals surface area (Å²) in [5, 5.41) is 0. The van der Waals surface area contributed by atoms with Crippen LogP contribution < -0.4 is 0 Å². The van der Waals surface area contributed by atoms with Crippen LogP contribution in [0.5, 0.6) is 0 Å². The highest BCUT2D eigenvalue weighted by Crippen LogP contribution is 2.20. The maximum Gasteiger partial charge on any atom is 0.352 e. The molecule has 0 atom stereocenters. The average Bonchev–Trinajstić information content (AvgIpc) is 2.16. The quantitative estimate of drug-likeness (QED) is 0.551. The van der Waals surface area contributed by atoms with Crippen LogP contribution in [0.1, 0.15) is 17.3 Å². The van der Waals surface area contributed by atoms with E-state index in [1.807, 2.05) is 0 Å². The Labute approximate surface area is 79.8 Å². The average molecular weight is 198 g/mol. The zero-order valence-electron chi connectivity index (χ0n) is 7.78. The topological polar surface area (TPSA) is 46.4 Å². The third kappa shape index (κ3) is 1.76. The highest BCUT2D eigenvalue weighted by molar-refractivity contribution is 5.94. The van der Waals surface area contributed by atoms with Crippen molar-refractivity contribution in [1.82, 2.24) is 0 Å². The van der Waals surface area contributed by atoms with Crippen LogP contribution in [0.25, 0.3) is 0 Å². The van der Waals surface area contributed by atoms with Crippen LogP contribution in [0.4, 0.5) is 10.1 Å². The summed E-state index contributed by atoms with van der Waals surface area (Å²) in [6.07, 6.45) is 0. The number of nitrogens with zero attached hydrogens (tertiary/aromatic N) is 1. The highest BCUT2D eigenvalue weighted by atomic mass is 19.1. The minimum atomic E-state index is -0.864. The Morgan fingerprint density at radius 3 is 2.64 bits per heavy atom. The van der Waals surface area contributed by atoms with E-state index >= 15 is 0 Å². The Hall–Kier alpha value is -1.78. The lowest BCUT2D eigenvalue weighted by molar-refractivity contribution is -0.737. The van der Waals surface area contributed by atoms with Gasteiger partial charge in [0.2, 0.25) is 5.82 Å². The van der Waals surface area contributed by atoms with Crippen LogP contribution in [0.3, 0.4) is 0 Å². The molecule has 0 aliphatic carbocycles. The molecule has 0 aromatic heterocycles. The van der Waals surface area contributed by atoms with Gasteiger partial charge in [-0.15, -0.1) is 0 Å². The molecule has 0 amide bonds. The molecule has 74 valence electrons. The van der Waals surface area contributed by atoms with Crippen molar-refractivity contribution in [2.75, 3.05) is 7.11 Å². The maximum absolute atomic E-state index is 13.4. The summed E-state index contributed by atoms with van der Waals surface area (Å²) >= 11 is 0. The van der Waals surface area contributed by atoms with E-state index in [0.29, 0.717) is 0 Å². The van der Waals surface area contributed by atoms with Crippen molar-refractivity contribution in [3.8, 4) is 0 Å². The van der Waals surface area contributed by atoms with E-state index in [4.69, 9.17) is 0 Å². The van der Waals surface area contributed by atoms with Crippen molar-refractivity contribution in [1.29, 1.82) is 0 Å². The second-order valence-electron chi connectivity index (χ2n) is 2.63. The molecule has 0 aliphatic heterocycles. The molecular weight excluding hydrogens is 189 g/mol. The van der Waals surface area contributed by atoms with Gasteiger partial charge in [-0.25, -0.2) is 4.84 Å². The fraction of sp³-hybridized carbons (Fsp3) is 0.222. The van der Waals surface area contributed by atoms with Crippen molar-refractivity contribution in [2.45, 2.75) is 6.92 Å². The van der Waals surface area contributed by atoms with Gasteiger partial charge in [0.05, 0.1) is 10.5 Å². The molecule has 0 spiro atoms. The number of ketones is 1. The summed E-state index contributed by atoms with van der Waals surface area (Å²) < 4.78 is 13.4. The molecule has 4 nitrogen and oxygen atoms in total. The lowest BCUT2D eigenvalue weighted by atomic mass is 10.1. The number of rotatable bonds is 3. The highest BCUT2D eigenvalue weighted by Gasteiger charge is 2.24. The first-order valence-corrected chi connectivity index (χ1v) is 3.88. The number of Topliss-reactive ketones (excluding diaryl/α,β-unsaturated/α-hetero) is 1. The van der Waals surface area contributed by atoms with E-state index in [1.54, 1.807) is 0 Å². The van der Waals surface area contributed by atoms with E-state index in [-0.39, 0.29) is 16.2 Å². The third-order valence-corrected chi connectivity index (χ3v) is 1.72. The number of benzene rings is 1. The Bertz CT molecular complexity index is 390. The van der Waals surface area contributed by atoms with Gasteiger partial charge in [0.1, 0.15) is 0 Å². The molecule has 0 saturated heterocycles. The SMILES string of the molecule is CO[N+](=O)c1cccc(C(C)=O)c1F. The Morgan fingerprint density at radius 2 is 2.14 bits per heavy atom. The van der Waals surface area contributed by atoms with Crippen molar-refractivity contribution in [3.05, 3.63) is 34.5 Å². The number of halogens is 1. The van der Waals surface area contributed by atoms with Gasteiger partial charge in [0.25, 0.3) is 4.92 Å². The van der Waals surface area contributed by atoms with Gasteiger partial charge in [0, 0.05) is 6.07 Å². The minimum Gasteiger partial charge on any atom is -0.294 e. The second kappa shape index (κ2) is 3.95. The van der Waals surface area contributed by atoms with Gasteiger partial charge < -0.3 is 0 Å². The molecule has 0 saturated carbocycles. The molecular formula is C9H9FNO3+. The summed E-state index contributed by atoms with van der Waals surface area (Å²) in [6.45, 7) is 1.23. The number of carbonyl (C=O) groups excluding carboxylic acids is 1. The first-order valence-electron chi connectivity index (χ1n) is 3.88. The fourth-order valence-corrected chi connectivity index (χ4v) is 1.03. The minimum absolute atomic E-state index is 0.0156. The molecule has 5 heteroatoms. The van der Waals surface area contributed by atoms with Crippen molar-refractivity contribution in [2.24, 2.45) is 0 Å². The van der Waals surface area contributed by atoms with E-state index in [1.165, 1.54) is 25.1 Å². The Morgan fingerprint density at radius 1 is 1.50 bits per heavy atom. The van der Waals surface area contributed by atoms with Crippen LogP contribution in [0.15, 0.2) is 18.2 Å². The normalized spacial score (nSPS) is 9.64. The first-order chi connectivity index (χ1) is 6.57. The predicted octanol–water partition coefficient (Wildman–Crippen LogP) is 2.00. The van der Waals surface area contributed by atoms with Gasteiger partial charge in [-0.2, -0.15) is 4.39 Å². The zero-order valence-corrected chi connectivity index (χ0v) is 7.78. The van der Waals surface area contributed by atoms with Gasteiger partial charge in [0.15, 0.2) is 12.9 Å². The molecule has 0 unspecified atom stereocenters. The second-order valence-corrected chi connectivity index (χ2v) is 2.63. The van der Waals surface area contributed by atoms with Crippen LogP contribution in [-0.4, -0.2) is 17.8 Å². The van der Waals surface area contributed by atoms with E-state index in [9.17, 15) is 14.1 Å². The van der Waals surface area contributed by atoms with Crippen LogP contribution in [0, 0.1) is 10.7 Å². The van der Waals surface area contributed by atoms with Crippen molar-refractivity contribution < 1.29 is 18.9 Å².